The van der Waals surface area contributed by atoms with Gasteiger partial charge in [0.05, 0.1) is 11.8 Å². The summed E-state index contributed by atoms with van der Waals surface area (Å²) in [6, 6.07) is 9.99. The number of carbonyl (C=O) groups is 1. The Morgan fingerprint density at radius 1 is 1.29 bits per heavy atom. The summed E-state index contributed by atoms with van der Waals surface area (Å²) >= 11 is 0. The fourth-order valence-corrected chi connectivity index (χ4v) is 2.78. The summed E-state index contributed by atoms with van der Waals surface area (Å²) < 4.78 is 1.78. The largest absolute Gasteiger partial charge is 0.364 e. The van der Waals surface area contributed by atoms with E-state index in [9.17, 15) is 4.79 Å². The molecule has 0 unspecified atom stereocenters. The monoisotopic (exact) mass is 322 g/mol. The Hall–Kier alpha value is -2.82. The van der Waals surface area contributed by atoms with Crippen molar-refractivity contribution < 1.29 is 4.79 Å². The summed E-state index contributed by atoms with van der Waals surface area (Å²) in [5.41, 5.74) is 4.97. The quantitative estimate of drug-likeness (QED) is 0.731. The fraction of sp³-hybridized carbons (Fsp3) is 0.263. The first-order valence-electron chi connectivity index (χ1n) is 8.19. The van der Waals surface area contributed by atoms with E-state index in [1.165, 1.54) is 0 Å². The summed E-state index contributed by atoms with van der Waals surface area (Å²) in [6.07, 6.45) is 7.53. The lowest BCUT2D eigenvalue weighted by Crippen LogP contribution is -2.23. The van der Waals surface area contributed by atoms with E-state index in [1.807, 2.05) is 49.9 Å². The minimum atomic E-state index is -0.0357. The van der Waals surface area contributed by atoms with Gasteiger partial charge < -0.3 is 10.3 Å². The van der Waals surface area contributed by atoms with Crippen LogP contribution < -0.4 is 5.32 Å². The summed E-state index contributed by atoms with van der Waals surface area (Å²) in [5.74, 6) is -0.0357. The molecule has 0 bridgehead atoms. The van der Waals surface area contributed by atoms with E-state index < -0.39 is 0 Å². The maximum absolute atomic E-state index is 12.4. The number of nitrogens with one attached hydrogen (secondary N) is 2. The third-order valence-electron chi connectivity index (χ3n) is 4.00. The van der Waals surface area contributed by atoms with Gasteiger partial charge in [0.15, 0.2) is 0 Å². The summed E-state index contributed by atoms with van der Waals surface area (Å²) in [6.45, 7) is 2.61. The van der Waals surface area contributed by atoms with E-state index in [2.05, 4.69) is 28.4 Å². The van der Waals surface area contributed by atoms with Gasteiger partial charge in [-0.15, -0.1) is 0 Å². The fourth-order valence-electron chi connectivity index (χ4n) is 2.78. The molecule has 1 amide bonds. The van der Waals surface area contributed by atoms with Gasteiger partial charge in [-0.1, -0.05) is 31.5 Å². The van der Waals surface area contributed by atoms with Crippen LogP contribution in [-0.2, 0) is 20.0 Å². The Labute approximate surface area is 141 Å². The predicted molar refractivity (Wildman–Crippen MR) is 94.6 cm³/mol. The molecular formula is C19H22N4O. The molecule has 3 rings (SSSR count). The molecule has 2 aromatic heterocycles. The molecule has 0 radical (unpaired) electrons. The van der Waals surface area contributed by atoms with Crippen molar-refractivity contribution in [2.24, 2.45) is 7.05 Å². The van der Waals surface area contributed by atoms with E-state index in [0.29, 0.717) is 6.54 Å². The Morgan fingerprint density at radius 3 is 2.92 bits per heavy atom. The Bertz CT molecular complexity index is 831. The van der Waals surface area contributed by atoms with E-state index >= 15 is 0 Å². The highest BCUT2D eigenvalue weighted by atomic mass is 16.1. The Balaban J connectivity index is 1.68. The number of aryl methyl sites for hydroxylation is 2. The Kier molecular flexibility index (Phi) is 4.79. The SMILES string of the molecule is CCCc1[nH]ccc1C(=O)NCc1cccc(-c2cnn(C)c2)c1. The van der Waals surface area contributed by atoms with Gasteiger partial charge in [0.1, 0.15) is 0 Å². The van der Waals surface area contributed by atoms with Crippen molar-refractivity contribution in [2.75, 3.05) is 0 Å². The van der Waals surface area contributed by atoms with Crippen LogP contribution in [-0.4, -0.2) is 20.7 Å². The van der Waals surface area contributed by atoms with Crippen molar-refractivity contribution in [1.29, 1.82) is 0 Å². The van der Waals surface area contributed by atoms with Crippen molar-refractivity contribution in [3.05, 3.63) is 65.7 Å². The van der Waals surface area contributed by atoms with E-state index in [1.54, 1.807) is 4.68 Å². The maximum Gasteiger partial charge on any atom is 0.253 e. The average Bonchev–Trinajstić information content (AvgIpc) is 3.22. The summed E-state index contributed by atoms with van der Waals surface area (Å²) in [7, 11) is 1.90. The number of aromatic amines is 1. The van der Waals surface area contributed by atoms with Gasteiger partial charge in [0.25, 0.3) is 5.91 Å². The summed E-state index contributed by atoms with van der Waals surface area (Å²) in [4.78, 5) is 15.5. The predicted octanol–water partition coefficient (Wildman–Crippen LogP) is 3.30. The minimum Gasteiger partial charge on any atom is -0.364 e. The molecule has 0 atom stereocenters. The van der Waals surface area contributed by atoms with Crippen LogP contribution in [0.4, 0.5) is 0 Å². The number of aromatic nitrogens is 3. The van der Waals surface area contributed by atoms with Crippen LogP contribution in [0.3, 0.4) is 0 Å². The number of H-pyrrole nitrogens is 1. The number of rotatable bonds is 6. The third-order valence-corrected chi connectivity index (χ3v) is 4.00. The molecule has 124 valence electrons. The van der Waals surface area contributed by atoms with Crippen molar-refractivity contribution in [1.82, 2.24) is 20.1 Å². The molecule has 1 aromatic carbocycles. The van der Waals surface area contributed by atoms with Gasteiger partial charge in [0.2, 0.25) is 0 Å². The van der Waals surface area contributed by atoms with Gasteiger partial charge in [-0.25, -0.2) is 0 Å². The van der Waals surface area contributed by atoms with Gasteiger partial charge >= 0.3 is 0 Å². The normalized spacial score (nSPS) is 10.8. The van der Waals surface area contributed by atoms with Crippen LogP contribution in [0.2, 0.25) is 0 Å². The Morgan fingerprint density at radius 2 is 2.17 bits per heavy atom. The lowest BCUT2D eigenvalue weighted by atomic mass is 10.1. The van der Waals surface area contributed by atoms with Gasteiger partial charge in [0, 0.05) is 37.2 Å². The molecule has 24 heavy (non-hydrogen) atoms. The number of nitrogens with zero attached hydrogens (tertiary/aromatic N) is 2. The zero-order valence-corrected chi connectivity index (χ0v) is 14.0. The van der Waals surface area contributed by atoms with Crippen LogP contribution in [0.15, 0.2) is 48.9 Å². The first-order chi connectivity index (χ1) is 11.7. The second kappa shape index (κ2) is 7.17. The molecule has 5 heteroatoms. The topological polar surface area (TPSA) is 62.7 Å². The van der Waals surface area contributed by atoms with Crippen molar-refractivity contribution in [2.45, 2.75) is 26.3 Å². The molecular weight excluding hydrogens is 300 g/mol. The second-order valence-corrected chi connectivity index (χ2v) is 5.91. The highest BCUT2D eigenvalue weighted by Gasteiger charge is 2.11. The first-order valence-corrected chi connectivity index (χ1v) is 8.19. The van der Waals surface area contributed by atoms with E-state index in [4.69, 9.17) is 0 Å². The van der Waals surface area contributed by atoms with Gasteiger partial charge in [-0.2, -0.15) is 5.10 Å². The standard InChI is InChI=1S/C19H22N4O/c1-3-5-18-17(8-9-20-18)19(24)21-11-14-6-4-7-15(10-14)16-12-22-23(2)13-16/h4,6-10,12-13,20H,3,5,11H2,1-2H3,(H,21,24). The average molecular weight is 322 g/mol. The maximum atomic E-state index is 12.4. The van der Waals surface area contributed by atoms with Crippen LogP contribution >= 0.6 is 0 Å². The number of hydrogen-bond acceptors (Lipinski definition) is 2. The smallest absolute Gasteiger partial charge is 0.253 e. The highest BCUT2D eigenvalue weighted by molar-refractivity contribution is 5.95. The molecule has 5 nitrogen and oxygen atoms in total. The molecule has 0 aliphatic rings. The zero-order chi connectivity index (χ0) is 16.9. The summed E-state index contributed by atoms with van der Waals surface area (Å²) in [5, 5.41) is 7.21. The lowest BCUT2D eigenvalue weighted by molar-refractivity contribution is 0.0950. The molecule has 0 aliphatic heterocycles. The minimum absolute atomic E-state index is 0.0357. The zero-order valence-electron chi connectivity index (χ0n) is 14.0. The first kappa shape index (κ1) is 16.1. The highest BCUT2D eigenvalue weighted by Crippen LogP contribution is 2.19. The molecule has 0 spiro atoms. The third kappa shape index (κ3) is 3.56. The molecule has 0 saturated carbocycles. The number of carbonyl (C=O) groups excluding carboxylic acids is 1. The van der Waals surface area contributed by atoms with E-state index in [-0.39, 0.29) is 5.91 Å². The van der Waals surface area contributed by atoms with Crippen molar-refractivity contribution >= 4 is 5.91 Å². The molecule has 0 fully saturated rings. The van der Waals surface area contributed by atoms with Crippen LogP contribution in [0.5, 0.6) is 0 Å². The van der Waals surface area contributed by atoms with E-state index in [0.717, 1.165) is 40.8 Å². The molecule has 2 heterocycles. The van der Waals surface area contributed by atoms with Crippen LogP contribution in [0.1, 0.15) is 35.0 Å². The van der Waals surface area contributed by atoms with Crippen LogP contribution in [0.25, 0.3) is 11.1 Å². The van der Waals surface area contributed by atoms with Crippen LogP contribution in [0, 0.1) is 0 Å². The molecule has 3 aromatic rings. The second-order valence-electron chi connectivity index (χ2n) is 5.91. The number of hydrogen-bond donors (Lipinski definition) is 2. The van der Waals surface area contributed by atoms with Gasteiger partial charge in [-0.3, -0.25) is 9.48 Å². The molecule has 0 aliphatic carbocycles. The molecule has 0 saturated heterocycles. The van der Waals surface area contributed by atoms with Crippen molar-refractivity contribution in [3.63, 3.8) is 0 Å². The number of amides is 1. The number of benzene rings is 1. The van der Waals surface area contributed by atoms with Crippen molar-refractivity contribution in [3.8, 4) is 11.1 Å². The molecule has 2 N–H and O–H groups in total. The van der Waals surface area contributed by atoms with Gasteiger partial charge in [-0.05, 0) is 29.7 Å². The lowest BCUT2D eigenvalue weighted by Gasteiger charge is -2.07.